The number of methoxy groups -OCH3 is 1. The zero-order chi connectivity index (χ0) is 27.3. The molecule has 0 unspecified atom stereocenters. The van der Waals surface area contributed by atoms with Gasteiger partial charge in [-0.3, -0.25) is 9.69 Å². The van der Waals surface area contributed by atoms with Crippen molar-refractivity contribution in [3.05, 3.63) is 102 Å². The SMILES string of the molecule is COc1ccc(CN[C@H]2C[C@@H](C(=O)NCCc3ccc4c(c3)OCO4)N(Cc3ccccc3)C2)c2ccccc12. The van der Waals surface area contributed by atoms with Gasteiger partial charge in [-0.25, -0.2) is 0 Å². The summed E-state index contributed by atoms with van der Waals surface area (Å²) in [7, 11) is 1.71. The summed E-state index contributed by atoms with van der Waals surface area (Å²) in [6.45, 7) is 3.11. The van der Waals surface area contributed by atoms with Crippen LogP contribution in [0.1, 0.15) is 23.1 Å². The first-order valence-electron chi connectivity index (χ1n) is 13.9. The van der Waals surface area contributed by atoms with Crippen molar-refractivity contribution in [3.63, 3.8) is 0 Å². The van der Waals surface area contributed by atoms with E-state index in [0.717, 1.165) is 60.7 Å². The van der Waals surface area contributed by atoms with Gasteiger partial charge in [0.25, 0.3) is 0 Å². The van der Waals surface area contributed by atoms with Crippen molar-refractivity contribution in [1.29, 1.82) is 0 Å². The van der Waals surface area contributed by atoms with Gasteiger partial charge in [0, 0.05) is 37.6 Å². The number of hydrogen-bond donors (Lipinski definition) is 2. The molecule has 6 rings (SSSR count). The molecule has 7 heteroatoms. The van der Waals surface area contributed by atoms with Crippen molar-refractivity contribution in [1.82, 2.24) is 15.5 Å². The topological polar surface area (TPSA) is 72.1 Å². The Balaban J connectivity index is 1.11. The Kier molecular flexibility index (Phi) is 7.84. The van der Waals surface area contributed by atoms with Gasteiger partial charge in [0.15, 0.2) is 11.5 Å². The van der Waals surface area contributed by atoms with Gasteiger partial charge >= 0.3 is 0 Å². The molecular weight excluding hydrogens is 502 g/mol. The Hall–Kier alpha value is -4.07. The van der Waals surface area contributed by atoms with Crippen LogP contribution in [0.4, 0.5) is 0 Å². The van der Waals surface area contributed by atoms with E-state index in [-0.39, 0.29) is 24.8 Å². The summed E-state index contributed by atoms with van der Waals surface area (Å²) < 4.78 is 16.5. The van der Waals surface area contributed by atoms with Crippen LogP contribution in [0, 0.1) is 0 Å². The molecule has 4 aromatic carbocycles. The first kappa shape index (κ1) is 26.2. The molecule has 206 valence electrons. The van der Waals surface area contributed by atoms with Crippen molar-refractivity contribution in [2.45, 2.75) is 38.0 Å². The molecule has 2 heterocycles. The molecule has 2 N–H and O–H groups in total. The van der Waals surface area contributed by atoms with Crippen LogP contribution in [0.15, 0.2) is 84.9 Å². The number of carbonyl (C=O) groups is 1. The van der Waals surface area contributed by atoms with Crippen LogP contribution in [-0.2, 0) is 24.3 Å². The van der Waals surface area contributed by atoms with Crippen LogP contribution in [0.5, 0.6) is 17.2 Å². The second kappa shape index (κ2) is 12.0. The molecule has 0 bridgehead atoms. The van der Waals surface area contributed by atoms with Gasteiger partial charge in [0.05, 0.1) is 13.2 Å². The number of amides is 1. The molecule has 0 saturated carbocycles. The molecular formula is C33H35N3O4. The Labute approximate surface area is 235 Å². The van der Waals surface area contributed by atoms with E-state index in [0.29, 0.717) is 6.54 Å². The van der Waals surface area contributed by atoms with Crippen molar-refractivity contribution >= 4 is 16.7 Å². The average molecular weight is 538 g/mol. The van der Waals surface area contributed by atoms with E-state index in [9.17, 15) is 4.79 Å². The highest BCUT2D eigenvalue weighted by Gasteiger charge is 2.36. The van der Waals surface area contributed by atoms with Gasteiger partial charge in [0.2, 0.25) is 12.7 Å². The first-order chi connectivity index (χ1) is 19.7. The van der Waals surface area contributed by atoms with Crippen molar-refractivity contribution in [3.8, 4) is 17.2 Å². The van der Waals surface area contributed by atoms with Gasteiger partial charge in [-0.1, -0.05) is 66.7 Å². The Morgan fingerprint density at radius 2 is 1.73 bits per heavy atom. The quantitative estimate of drug-likeness (QED) is 0.306. The lowest BCUT2D eigenvalue weighted by Crippen LogP contribution is -2.43. The van der Waals surface area contributed by atoms with E-state index >= 15 is 0 Å². The van der Waals surface area contributed by atoms with E-state index in [1.54, 1.807) is 7.11 Å². The van der Waals surface area contributed by atoms with E-state index < -0.39 is 0 Å². The molecule has 1 saturated heterocycles. The van der Waals surface area contributed by atoms with E-state index in [2.05, 4.69) is 64.1 Å². The lowest BCUT2D eigenvalue weighted by atomic mass is 10.0. The molecule has 2 aliphatic rings. The molecule has 1 amide bonds. The van der Waals surface area contributed by atoms with Gasteiger partial charge < -0.3 is 24.8 Å². The molecule has 0 spiro atoms. The zero-order valence-electron chi connectivity index (χ0n) is 22.8. The molecule has 0 radical (unpaired) electrons. The Bertz CT molecular complexity index is 1480. The van der Waals surface area contributed by atoms with Gasteiger partial charge in [-0.15, -0.1) is 0 Å². The third kappa shape index (κ3) is 5.76. The highest BCUT2D eigenvalue weighted by atomic mass is 16.7. The van der Waals surface area contributed by atoms with E-state index in [1.807, 2.05) is 36.4 Å². The largest absolute Gasteiger partial charge is 0.496 e. The minimum absolute atomic E-state index is 0.0795. The second-order valence-electron chi connectivity index (χ2n) is 10.4. The van der Waals surface area contributed by atoms with Crippen LogP contribution in [0.3, 0.4) is 0 Å². The maximum Gasteiger partial charge on any atom is 0.237 e. The monoisotopic (exact) mass is 537 g/mol. The van der Waals surface area contributed by atoms with Crippen LogP contribution < -0.4 is 24.8 Å². The maximum atomic E-state index is 13.4. The van der Waals surface area contributed by atoms with E-state index in [4.69, 9.17) is 14.2 Å². The molecule has 0 aromatic heterocycles. The molecule has 0 aliphatic carbocycles. The number of hydrogen-bond acceptors (Lipinski definition) is 6. The summed E-state index contributed by atoms with van der Waals surface area (Å²) in [5, 5.41) is 9.24. The predicted octanol–water partition coefficient (Wildman–Crippen LogP) is 4.67. The highest BCUT2D eigenvalue weighted by molar-refractivity contribution is 5.91. The number of benzene rings is 4. The van der Waals surface area contributed by atoms with Crippen molar-refractivity contribution in [2.75, 3.05) is 27.0 Å². The summed E-state index contributed by atoms with van der Waals surface area (Å²) >= 11 is 0. The fourth-order valence-corrected chi connectivity index (χ4v) is 5.78. The summed E-state index contributed by atoms with van der Waals surface area (Å²) in [5.74, 6) is 2.51. The van der Waals surface area contributed by atoms with Crippen LogP contribution in [0.25, 0.3) is 10.8 Å². The van der Waals surface area contributed by atoms with Crippen molar-refractivity contribution in [2.24, 2.45) is 0 Å². The molecule has 1 fully saturated rings. The number of fused-ring (bicyclic) bond motifs is 2. The minimum Gasteiger partial charge on any atom is -0.496 e. The Morgan fingerprint density at radius 1 is 0.925 bits per heavy atom. The van der Waals surface area contributed by atoms with Crippen LogP contribution in [-0.4, -0.2) is 49.9 Å². The average Bonchev–Trinajstić information content (AvgIpc) is 3.63. The summed E-state index contributed by atoms with van der Waals surface area (Å²) in [5.41, 5.74) is 3.55. The smallest absolute Gasteiger partial charge is 0.237 e. The maximum absolute atomic E-state index is 13.4. The lowest BCUT2D eigenvalue weighted by Gasteiger charge is -2.23. The third-order valence-electron chi connectivity index (χ3n) is 7.86. The predicted molar refractivity (Wildman–Crippen MR) is 156 cm³/mol. The van der Waals surface area contributed by atoms with Gasteiger partial charge in [0.1, 0.15) is 5.75 Å². The first-order valence-corrected chi connectivity index (χ1v) is 13.9. The van der Waals surface area contributed by atoms with Gasteiger partial charge in [-0.2, -0.15) is 0 Å². The molecule has 2 aliphatic heterocycles. The standard InChI is InChI=1S/C33H35N3O4/c1-38-30-14-12-25(27-9-5-6-10-28(27)30)19-35-26-18-29(36(21-26)20-24-7-3-2-4-8-24)33(37)34-16-15-23-11-13-31-32(17-23)40-22-39-31/h2-14,17,26,29,35H,15-16,18-22H2,1H3,(H,34,37)/t26-,29-/m0/s1. The fraction of sp³-hybridized carbons (Fsp3) is 0.303. The molecule has 2 atom stereocenters. The van der Waals surface area contributed by atoms with Gasteiger partial charge in [-0.05, 0) is 53.1 Å². The number of rotatable bonds is 10. The normalized spacial score (nSPS) is 18.2. The molecule has 40 heavy (non-hydrogen) atoms. The third-order valence-corrected chi connectivity index (χ3v) is 7.86. The summed E-state index contributed by atoms with van der Waals surface area (Å²) in [6, 6.07) is 28.8. The number of ether oxygens (including phenoxy) is 3. The molecule has 4 aromatic rings. The number of likely N-dealkylation sites (tertiary alicyclic amines) is 1. The Morgan fingerprint density at radius 3 is 2.58 bits per heavy atom. The highest BCUT2D eigenvalue weighted by Crippen LogP contribution is 2.33. The summed E-state index contributed by atoms with van der Waals surface area (Å²) in [4.78, 5) is 15.8. The zero-order valence-corrected chi connectivity index (χ0v) is 22.8. The summed E-state index contributed by atoms with van der Waals surface area (Å²) in [6.07, 6.45) is 1.50. The number of nitrogens with one attached hydrogen (secondary N) is 2. The van der Waals surface area contributed by atoms with Crippen LogP contribution in [0.2, 0.25) is 0 Å². The number of nitrogens with zero attached hydrogens (tertiary/aromatic N) is 1. The number of carbonyl (C=O) groups excluding carboxylic acids is 1. The molecule has 7 nitrogen and oxygen atoms in total. The second-order valence-corrected chi connectivity index (χ2v) is 10.4. The van der Waals surface area contributed by atoms with E-state index in [1.165, 1.54) is 16.5 Å². The minimum atomic E-state index is -0.193. The van der Waals surface area contributed by atoms with Crippen molar-refractivity contribution < 1.29 is 19.0 Å². The van der Waals surface area contributed by atoms with Crippen LogP contribution >= 0.6 is 0 Å². The fourth-order valence-electron chi connectivity index (χ4n) is 5.78. The lowest BCUT2D eigenvalue weighted by molar-refractivity contribution is -0.125.